The molecule has 2 N–H and O–H groups in total. The summed E-state index contributed by atoms with van der Waals surface area (Å²) >= 11 is 0. The summed E-state index contributed by atoms with van der Waals surface area (Å²) < 4.78 is 5.84. The molecule has 7 nitrogen and oxygen atoms in total. The lowest BCUT2D eigenvalue weighted by molar-refractivity contribution is 0.0304. The van der Waals surface area contributed by atoms with Gasteiger partial charge in [-0.05, 0) is 49.7 Å². The van der Waals surface area contributed by atoms with Gasteiger partial charge in [0.2, 0.25) is 0 Å². The topological polar surface area (TPSA) is 83.1 Å². The predicted molar refractivity (Wildman–Crippen MR) is 119 cm³/mol. The second-order valence-corrected chi connectivity index (χ2v) is 9.47. The number of rotatable bonds is 5. The van der Waals surface area contributed by atoms with Gasteiger partial charge in [0.1, 0.15) is 5.82 Å². The Labute approximate surface area is 184 Å². The summed E-state index contributed by atoms with van der Waals surface area (Å²) in [6.07, 6.45) is 11.7. The van der Waals surface area contributed by atoms with Crippen LogP contribution in [0.2, 0.25) is 0 Å². The molecule has 31 heavy (non-hydrogen) atoms. The van der Waals surface area contributed by atoms with Gasteiger partial charge in [0.25, 0.3) is 5.91 Å². The Morgan fingerprint density at radius 1 is 1.16 bits per heavy atom. The summed E-state index contributed by atoms with van der Waals surface area (Å²) in [5, 5.41) is 11.0. The first-order valence-electron chi connectivity index (χ1n) is 11.8. The second kappa shape index (κ2) is 8.99. The van der Waals surface area contributed by atoms with E-state index in [0.717, 1.165) is 55.8 Å². The largest absolute Gasteiger partial charge is 0.379 e. The zero-order chi connectivity index (χ0) is 21.2. The number of anilines is 1. The monoisotopic (exact) mass is 423 g/mol. The van der Waals surface area contributed by atoms with Crippen LogP contribution >= 0.6 is 0 Å². The molecule has 2 aromatic heterocycles. The molecule has 0 unspecified atom stereocenters. The number of pyridine rings is 1. The maximum Gasteiger partial charge on any atom is 0.257 e. The van der Waals surface area contributed by atoms with Gasteiger partial charge in [-0.25, -0.2) is 4.98 Å². The molecule has 0 radical (unpaired) electrons. The predicted octanol–water partition coefficient (Wildman–Crippen LogP) is 3.83. The van der Waals surface area contributed by atoms with E-state index in [-0.39, 0.29) is 18.1 Å². The maximum absolute atomic E-state index is 13.4. The lowest BCUT2D eigenvalue weighted by Crippen LogP contribution is -2.44. The number of nitrogens with one attached hydrogen (secondary N) is 2. The number of carbonyl (C=O) groups is 1. The fourth-order valence-corrected chi connectivity index (χ4v) is 5.97. The van der Waals surface area contributed by atoms with E-state index in [1.165, 1.54) is 19.3 Å². The molecule has 2 saturated carbocycles. The Hall–Kier alpha value is -2.41. The third kappa shape index (κ3) is 4.20. The number of H-pyrrole nitrogens is 1. The molecule has 2 aromatic rings. The number of amides is 1. The second-order valence-electron chi connectivity index (χ2n) is 9.47. The zero-order valence-corrected chi connectivity index (χ0v) is 18.3. The van der Waals surface area contributed by atoms with Gasteiger partial charge >= 0.3 is 0 Å². The molecular formula is C24H33N5O2. The van der Waals surface area contributed by atoms with Gasteiger partial charge < -0.3 is 15.0 Å². The molecule has 3 aliphatic rings. The van der Waals surface area contributed by atoms with Crippen molar-refractivity contribution in [2.24, 2.45) is 11.8 Å². The smallest absolute Gasteiger partial charge is 0.257 e. The number of hydrogen-bond acceptors (Lipinski definition) is 5. The van der Waals surface area contributed by atoms with Gasteiger partial charge in [-0.3, -0.25) is 9.89 Å². The Balaban J connectivity index is 1.27. The highest BCUT2D eigenvalue weighted by Gasteiger charge is 2.44. The van der Waals surface area contributed by atoms with Crippen LogP contribution < -0.4 is 5.32 Å². The van der Waals surface area contributed by atoms with Gasteiger partial charge in [-0.15, -0.1) is 0 Å². The van der Waals surface area contributed by atoms with Crippen LogP contribution in [0.25, 0.3) is 0 Å². The van der Waals surface area contributed by atoms with E-state index in [1.54, 1.807) is 19.5 Å². The lowest BCUT2D eigenvalue weighted by Gasteiger charge is -2.37. The molecule has 2 aliphatic carbocycles. The molecule has 0 spiro atoms. The minimum Gasteiger partial charge on any atom is -0.379 e. The van der Waals surface area contributed by atoms with Crippen LogP contribution in [0.3, 0.4) is 0 Å². The number of hydrogen-bond donors (Lipinski definition) is 2. The van der Waals surface area contributed by atoms with E-state index in [4.69, 9.17) is 4.74 Å². The average Bonchev–Trinajstić information content (AvgIpc) is 3.46. The van der Waals surface area contributed by atoms with Crippen LogP contribution in [0, 0.1) is 11.8 Å². The van der Waals surface area contributed by atoms with Crippen LogP contribution in [0.4, 0.5) is 5.82 Å². The van der Waals surface area contributed by atoms with Crippen molar-refractivity contribution in [1.82, 2.24) is 20.1 Å². The number of ether oxygens (including phenoxy) is 1. The number of fused-ring (bicyclic) bond motifs is 1. The van der Waals surface area contributed by atoms with E-state index in [1.807, 2.05) is 18.2 Å². The fraction of sp³-hybridized carbons (Fsp3) is 0.625. The highest BCUT2D eigenvalue weighted by molar-refractivity contribution is 5.95. The summed E-state index contributed by atoms with van der Waals surface area (Å²) in [7, 11) is 1.79. The van der Waals surface area contributed by atoms with Gasteiger partial charge in [-0.2, -0.15) is 5.10 Å². The zero-order valence-electron chi connectivity index (χ0n) is 18.3. The number of likely N-dealkylation sites (tertiary alicyclic amines) is 1. The first-order chi connectivity index (χ1) is 15.2. The van der Waals surface area contributed by atoms with Crippen molar-refractivity contribution in [3.05, 3.63) is 41.9 Å². The van der Waals surface area contributed by atoms with Crippen molar-refractivity contribution < 1.29 is 9.53 Å². The highest BCUT2D eigenvalue weighted by atomic mass is 16.5. The van der Waals surface area contributed by atoms with Gasteiger partial charge in [0.15, 0.2) is 0 Å². The Kier molecular flexibility index (Phi) is 5.94. The van der Waals surface area contributed by atoms with E-state index >= 15 is 0 Å². The van der Waals surface area contributed by atoms with Crippen LogP contribution in [0.5, 0.6) is 0 Å². The van der Waals surface area contributed by atoms with Crippen LogP contribution in [-0.2, 0) is 4.74 Å². The molecule has 1 aliphatic heterocycles. The first-order valence-corrected chi connectivity index (χ1v) is 11.8. The van der Waals surface area contributed by atoms with Crippen molar-refractivity contribution in [2.75, 3.05) is 25.5 Å². The summed E-state index contributed by atoms with van der Waals surface area (Å²) in [6.45, 7) is 1.63. The highest BCUT2D eigenvalue weighted by Crippen LogP contribution is 2.40. The number of aromatic amines is 1. The Morgan fingerprint density at radius 3 is 2.71 bits per heavy atom. The molecule has 0 aromatic carbocycles. The average molecular weight is 424 g/mol. The molecule has 1 saturated heterocycles. The summed E-state index contributed by atoms with van der Waals surface area (Å²) in [4.78, 5) is 19.9. The van der Waals surface area contributed by atoms with Crippen molar-refractivity contribution in [2.45, 2.75) is 63.0 Å². The van der Waals surface area contributed by atoms with Crippen molar-refractivity contribution in [3.63, 3.8) is 0 Å². The molecule has 166 valence electrons. The minimum atomic E-state index is 0.130. The number of aromatic nitrogens is 3. The minimum absolute atomic E-state index is 0.130. The van der Waals surface area contributed by atoms with Crippen LogP contribution in [0.15, 0.2) is 30.6 Å². The molecular weight excluding hydrogens is 390 g/mol. The molecule has 3 heterocycles. The van der Waals surface area contributed by atoms with E-state index in [2.05, 4.69) is 25.4 Å². The SMILES string of the molecule is CO[C@@H]1C[C@H]2CN(C(=O)c3cn[nH]c3C3CCCCC3)C[C@H]2C[C@H]1Nc1ccccn1. The molecule has 1 amide bonds. The maximum atomic E-state index is 13.4. The number of carbonyl (C=O) groups excluding carboxylic acids is 1. The van der Waals surface area contributed by atoms with Crippen molar-refractivity contribution >= 4 is 11.7 Å². The van der Waals surface area contributed by atoms with Crippen LogP contribution in [-0.4, -0.2) is 58.3 Å². The van der Waals surface area contributed by atoms with E-state index in [9.17, 15) is 4.79 Å². The third-order valence-electron chi connectivity index (χ3n) is 7.62. The van der Waals surface area contributed by atoms with E-state index in [0.29, 0.717) is 17.8 Å². The van der Waals surface area contributed by atoms with E-state index < -0.39 is 0 Å². The summed E-state index contributed by atoms with van der Waals surface area (Å²) in [6, 6.07) is 6.12. The third-order valence-corrected chi connectivity index (χ3v) is 7.62. The number of methoxy groups -OCH3 is 1. The Bertz CT molecular complexity index is 879. The van der Waals surface area contributed by atoms with Gasteiger partial charge in [-0.1, -0.05) is 25.3 Å². The van der Waals surface area contributed by atoms with Crippen LogP contribution in [0.1, 0.15) is 66.9 Å². The molecule has 0 bridgehead atoms. The molecule has 3 fully saturated rings. The number of nitrogens with zero attached hydrogens (tertiary/aromatic N) is 3. The van der Waals surface area contributed by atoms with Crippen molar-refractivity contribution in [1.29, 1.82) is 0 Å². The summed E-state index contributed by atoms with van der Waals surface area (Å²) in [5.41, 5.74) is 1.85. The normalized spacial score (nSPS) is 29.0. The fourth-order valence-electron chi connectivity index (χ4n) is 5.97. The lowest BCUT2D eigenvalue weighted by atomic mass is 9.77. The summed E-state index contributed by atoms with van der Waals surface area (Å²) in [5.74, 6) is 2.45. The first kappa shape index (κ1) is 20.5. The van der Waals surface area contributed by atoms with Crippen molar-refractivity contribution in [3.8, 4) is 0 Å². The Morgan fingerprint density at radius 2 is 1.97 bits per heavy atom. The molecule has 4 atom stereocenters. The molecule has 7 heteroatoms. The standard InChI is InChI=1S/C24H33N5O2/c1-31-21-12-18-15-29(14-17(18)11-20(21)27-22-9-5-6-10-25-22)24(30)19-13-26-28-23(19)16-7-3-2-4-8-16/h5-6,9-10,13,16-18,20-21H,2-4,7-8,11-12,14-15H2,1H3,(H,25,27)(H,26,28)/t17-,18+,20-,21-/m1/s1. The molecule has 5 rings (SSSR count). The quantitative estimate of drug-likeness (QED) is 0.764. The van der Waals surface area contributed by atoms with Gasteiger partial charge in [0, 0.05) is 32.3 Å². The van der Waals surface area contributed by atoms with Gasteiger partial charge in [0.05, 0.1) is 29.6 Å².